The molecule has 2 aromatic carbocycles. The number of anilines is 2. The van der Waals surface area contributed by atoms with Gasteiger partial charge in [0.05, 0.1) is 5.75 Å². The Labute approximate surface area is 127 Å². The smallest absolute Gasteiger partial charge is 0.234 e. The molecule has 0 saturated heterocycles. The molecule has 3 nitrogen and oxygen atoms in total. The minimum Gasteiger partial charge on any atom is -0.399 e. The first-order chi connectivity index (χ1) is 9.54. The summed E-state index contributed by atoms with van der Waals surface area (Å²) in [6.45, 7) is 1.98. The van der Waals surface area contributed by atoms with Gasteiger partial charge in [-0.2, -0.15) is 0 Å². The highest BCUT2D eigenvalue weighted by atomic mass is 35.5. The van der Waals surface area contributed by atoms with Crippen molar-refractivity contribution in [2.45, 2.75) is 11.8 Å². The number of nitrogens with one attached hydrogen (secondary N) is 1. The topological polar surface area (TPSA) is 55.1 Å². The first-order valence-electron chi connectivity index (χ1n) is 6.09. The van der Waals surface area contributed by atoms with E-state index in [4.69, 9.17) is 17.3 Å². The molecule has 3 N–H and O–H groups in total. The summed E-state index contributed by atoms with van der Waals surface area (Å²) in [6, 6.07) is 12.8. The van der Waals surface area contributed by atoms with Crippen LogP contribution in [0.1, 0.15) is 5.56 Å². The molecule has 0 radical (unpaired) electrons. The zero-order valence-corrected chi connectivity index (χ0v) is 12.6. The van der Waals surface area contributed by atoms with Crippen molar-refractivity contribution in [3.8, 4) is 0 Å². The van der Waals surface area contributed by atoms with E-state index in [-0.39, 0.29) is 5.91 Å². The van der Waals surface area contributed by atoms with Crippen molar-refractivity contribution in [1.82, 2.24) is 0 Å². The summed E-state index contributed by atoms with van der Waals surface area (Å²) in [7, 11) is 0. The van der Waals surface area contributed by atoms with E-state index in [2.05, 4.69) is 5.32 Å². The van der Waals surface area contributed by atoms with Gasteiger partial charge in [0.2, 0.25) is 5.91 Å². The zero-order valence-electron chi connectivity index (χ0n) is 11.0. The highest BCUT2D eigenvalue weighted by Gasteiger charge is 2.06. The number of rotatable bonds is 4. The Hall–Kier alpha value is -1.65. The molecule has 0 fully saturated rings. The van der Waals surface area contributed by atoms with Gasteiger partial charge < -0.3 is 11.1 Å². The minimum atomic E-state index is -0.0616. The second-order valence-electron chi connectivity index (χ2n) is 4.37. The molecule has 0 saturated carbocycles. The van der Waals surface area contributed by atoms with E-state index in [1.165, 1.54) is 11.8 Å². The van der Waals surface area contributed by atoms with Crippen LogP contribution in [0.25, 0.3) is 0 Å². The van der Waals surface area contributed by atoms with E-state index in [0.717, 1.165) is 16.1 Å². The van der Waals surface area contributed by atoms with E-state index in [1.807, 2.05) is 31.2 Å². The molecule has 0 spiro atoms. The number of aryl methyl sites for hydroxylation is 1. The fourth-order valence-electron chi connectivity index (χ4n) is 1.74. The summed E-state index contributed by atoms with van der Waals surface area (Å²) in [5.74, 6) is 0.283. The standard InChI is InChI=1S/C15H15ClN2OS/c1-10-7-12(17)5-6-14(10)20-9-15(19)18-13-4-2-3-11(16)8-13/h2-8H,9,17H2,1H3,(H,18,19). The van der Waals surface area contributed by atoms with E-state index < -0.39 is 0 Å². The van der Waals surface area contributed by atoms with Gasteiger partial charge in [-0.3, -0.25) is 4.79 Å². The highest BCUT2D eigenvalue weighted by Crippen LogP contribution is 2.24. The number of thioether (sulfide) groups is 1. The Morgan fingerprint density at radius 3 is 2.80 bits per heavy atom. The van der Waals surface area contributed by atoms with E-state index >= 15 is 0 Å². The van der Waals surface area contributed by atoms with Gasteiger partial charge in [0, 0.05) is 21.3 Å². The van der Waals surface area contributed by atoms with Crippen molar-refractivity contribution in [1.29, 1.82) is 0 Å². The van der Waals surface area contributed by atoms with Crippen LogP contribution in [0.2, 0.25) is 5.02 Å². The summed E-state index contributed by atoms with van der Waals surface area (Å²) in [5.41, 5.74) is 8.21. The third-order valence-corrected chi connectivity index (χ3v) is 4.08. The minimum absolute atomic E-state index is 0.0616. The van der Waals surface area contributed by atoms with Gasteiger partial charge in [-0.15, -0.1) is 11.8 Å². The van der Waals surface area contributed by atoms with Gasteiger partial charge in [-0.05, 0) is 48.9 Å². The van der Waals surface area contributed by atoms with Crippen LogP contribution in [0.15, 0.2) is 47.4 Å². The summed E-state index contributed by atoms with van der Waals surface area (Å²) in [6.07, 6.45) is 0. The predicted molar refractivity (Wildman–Crippen MR) is 86.4 cm³/mol. The Bertz CT molecular complexity index is 631. The summed E-state index contributed by atoms with van der Waals surface area (Å²) < 4.78 is 0. The van der Waals surface area contributed by atoms with Crippen LogP contribution in [0.3, 0.4) is 0 Å². The molecule has 0 atom stereocenters. The molecule has 20 heavy (non-hydrogen) atoms. The van der Waals surface area contributed by atoms with E-state index in [0.29, 0.717) is 16.5 Å². The normalized spacial score (nSPS) is 10.3. The Morgan fingerprint density at radius 1 is 1.30 bits per heavy atom. The number of benzene rings is 2. The molecule has 5 heteroatoms. The van der Waals surface area contributed by atoms with Crippen LogP contribution < -0.4 is 11.1 Å². The van der Waals surface area contributed by atoms with Crippen molar-refractivity contribution in [2.75, 3.05) is 16.8 Å². The highest BCUT2D eigenvalue weighted by molar-refractivity contribution is 8.00. The lowest BCUT2D eigenvalue weighted by Crippen LogP contribution is -2.13. The zero-order chi connectivity index (χ0) is 14.5. The van der Waals surface area contributed by atoms with E-state index in [1.54, 1.807) is 18.2 Å². The van der Waals surface area contributed by atoms with Gasteiger partial charge in [0.15, 0.2) is 0 Å². The molecule has 1 amide bonds. The number of hydrogen-bond donors (Lipinski definition) is 2. The molecular weight excluding hydrogens is 292 g/mol. The Balaban J connectivity index is 1.92. The monoisotopic (exact) mass is 306 g/mol. The largest absolute Gasteiger partial charge is 0.399 e. The summed E-state index contributed by atoms with van der Waals surface area (Å²) in [5, 5.41) is 3.42. The quantitative estimate of drug-likeness (QED) is 0.664. The van der Waals surface area contributed by atoms with Gasteiger partial charge in [0.25, 0.3) is 0 Å². The average molecular weight is 307 g/mol. The molecule has 104 valence electrons. The molecule has 0 bridgehead atoms. The lowest BCUT2D eigenvalue weighted by Gasteiger charge is -2.07. The third kappa shape index (κ3) is 4.18. The Kier molecular flexibility index (Phi) is 4.93. The number of nitrogen functional groups attached to an aromatic ring is 1. The lowest BCUT2D eigenvalue weighted by atomic mass is 10.2. The van der Waals surface area contributed by atoms with Crippen LogP contribution in [-0.2, 0) is 4.79 Å². The molecule has 0 heterocycles. The Morgan fingerprint density at radius 2 is 2.10 bits per heavy atom. The average Bonchev–Trinajstić information content (AvgIpc) is 2.37. The number of halogens is 1. The SMILES string of the molecule is Cc1cc(N)ccc1SCC(=O)Nc1cccc(Cl)c1. The van der Waals surface area contributed by atoms with Gasteiger partial charge >= 0.3 is 0 Å². The molecule has 0 unspecified atom stereocenters. The number of nitrogens with two attached hydrogens (primary N) is 1. The van der Waals surface area contributed by atoms with Gasteiger partial charge in [-0.25, -0.2) is 0 Å². The molecule has 2 rings (SSSR count). The van der Waals surface area contributed by atoms with Crippen molar-refractivity contribution in [3.63, 3.8) is 0 Å². The first kappa shape index (κ1) is 14.8. The third-order valence-electron chi connectivity index (χ3n) is 2.67. The molecule has 0 aliphatic heterocycles. The summed E-state index contributed by atoms with van der Waals surface area (Å²) in [4.78, 5) is 12.9. The molecular formula is C15H15ClN2OS. The summed E-state index contributed by atoms with van der Waals surface area (Å²) >= 11 is 7.36. The van der Waals surface area contributed by atoms with Crippen molar-refractivity contribution in [3.05, 3.63) is 53.1 Å². The van der Waals surface area contributed by atoms with Crippen LogP contribution in [0.5, 0.6) is 0 Å². The number of amides is 1. The van der Waals surface area contributed by atoms with Crippen LogP contribution in [0.4, 0.5) is 11.4 Å². The van der Waals surface area contributed by atoms with Gasteiger partial charge in [-0.1, -0.05) is 17.7 Å². The second kappa shape index (κ2) is 6.68. The van der Waals surface area contributed by atoms with Crippen LogP contribution in [-0.4, -0.2) is 11.7 Å². The maximum absolute atomic E-state index is 11.9. The van der Waals surface area contributed by atoms with Crippen molar-refractivity contribution >= 4 is 40.6 Å². The lowest BCUT2D eigenvalue weighted by molar-refractivity contribution is -0.113. The second-order valence-corrected chi connectivity index (χ2v) is 5.83. The molecule has 0 aliphatic carbocycles. The van der Waals surface area contributed by atoms with Crippen molar-refractivity contribution in [2.24, 2.45) is 0 Å². The fourth-order valence-corrected chi connectivity index (χ4v) is 2.74. The fraction of sp³-hybridized carbons (Fsp3) is 0.133. The number of carbonyl (C=O) groups is 1. The molecule has 0 aromatic heterocycles. The van der Waals surface area contributed by atoms with Crippen LogP contribution >= 0.6 is 23.4 Å². The first-order valence-corrected chi connectivity index (χ1v) is 7.45. The number of carbonyl (C=O) groups excluding carboxylic acids is 1. The number of hydrogen-bond acceptors (Lipinski definition) is 3. The predicted octanol–water partition coefficient (Wildman–Crippen LogP) is 3.96. The van der Waals surface area contributed by atoms with Gasteiger partial charge in [0.1, 0.15) is 0 Å². The molecule has 2 aromatic rings. The maximum atomic E-state index is 11.9. The van der Waals surface area contributed by atoms with Crippen LogP contribution in [0, 0.1) is 6.92 Å². The molecule has 0 aliphatic rings. The van der Waals surface area contributed by atoms with Crippen molar-refractivity contribution < 1.29 is 4.79 Å². The van der Waals surface area contributed by atoms with E-state index in [9.17, 15) is 4.79 Å². The maximum Gasteiger partial charge on any atom is 0.234 e.